The van der Waals surface area contributed by atoms with Crippen molar-refractivity contribution in [3.8, 4) is 11.4 Å². The van der Waals surface area contributed by atoms with Crippen molar-refractivity contribution in [2.24, 2.45) is 0 Å². The van der Waals surface area contributed by atoms with Gasteiger partial charge in [-0.2, -0.15) is 0 Å². The molecule has 0 aliphatic carbocycles. The topological polar surface area (TPSA) is 43.8 Å². The lowest BCUT2D eigenvalue weighted by Crippen LogP contribution is -2.04. The zero-order valence-electron chi connectivity index (χ0n) is 11.8. The van der Waals surface area contributed by atoms with Crippen LogP contribution in [0.2, 0.25) is 0 Å². The van der Waals surface area contributed by atoms with Crippen LogP contribution >= 0.6 is 15.9 Å². The van der Waals surface area contributed by atoms with Crippen molar-refractivity contribution < 1.29 is 4.39 Å². The Balaban J connectivity index is 2.36. The molecule has 2 N–H and O–H groups in total. The Bertz CT molecular complexity index is 824. The summed E-state index contributed by atoms with van der Waals surface area (Å²) in [5.74, 6) is 0.281. The van der Waals surface area contributed by atoms with Gasteiger partial charge >= 0.3 is 0 Å². The van der Waals surface area contributed by atoms with E-state index >= 15 is 0 Å². The molecule has 1 heterocycles. The van der Waals surface area contributed by atoms with Crippen molar-refractivity contribution in [2.75, 3.05) is 5.73 Å². The van der Waals surface area contributed by atoms with Crippen molar-refractivity contribution in [2.45, 2.75) is 19.9 Å². The standard InChI is InChI=1S/C16H15BrFN3/c1-9(2)21-15-6-3-10(17)7-14(15)20-16(21)12-8-11(19)4-5-13(12)18/h3-9H,19H2,1-2H3. The zero-order chi connectivity index (χ0) is 15.1. The molecule has 0 saturated carbocycles. The summed E-state index contributed by atoms with van der Waals surface area (Å²) >= 11 is 3.44. The van der Waals surface area contributed by atoms with Crippen LogP contribution in [0.3, 0.4) is 0 Å². The lowest BCUT2D eigenvalue weighted by molar-refractivity contribution is 0.608. The molecule has 0 spiro atoms. The highest BCUT2D eigenvalue weighted by Gasteiger charge is 2.18. The van der Waals surface area contributed by atoms with E-state index in [1.807, 2.05) is 22.8 Å². The SMILES string of the molecule is CC(C)n1c(-c2cc(N)ccc2F)nc2cc(Br)ccc21. The third-order valence-electron chi connectivity index (χ3n) is 3.40. The van der Waals surface area contributed by atoms with E-state index in [1.54, 1.807) is 12.1 Å². The quantitative estimate of drug-likeness (QED) is 0.678. The second-order valence-electron chi connectivity index (χ2n) is 5.27. The minimum absolute atomic E-state index is 0.159. The fraction of sp³-hybridized carbons (Fsp3) is 0.188. The van der Waals surface area contributed by atoms with Gasteiger partial charge in [0.2, 0.25) is 0 Å². The molecule has 0 amide bonds. The first kappa shape index (κ1) is 14.1. The Hall–Kier alpha value is -1.88. The molecule has 0 saturated heterocycles. The Kier molecular flexibility index (Phi) is 3.45. The molecule has 0 aliphatic heterocycles. The van der Waals surface area contributed by atoms with E-state index in [1.165, 1.54) is 6.07 Å². The Morgan fingerprint density at radius 1 is 1.19 bits per heavy atom. The number of hydrogen-bond acceptors (Lipinski definition) is 2. The highest BCUT2D eigenvalue weighted by Crippen LogP contribution is 2.32. The van der Waals surface area contributed by atoms with Crippen molar-refractivity contribution in [3.05, 3.63) is 46.7 Å². The van der Waals surface area contributed by atoms with E-state index in [0.29, 0.717) is 17.1 Å². The molecule has 0 fully saturated rings. The molecule has 0 radical (unpaired) electrons. The number of fused-ring (bicyclic) bond motifs is 1. The largest absolute Gasteiger partial charge is 0.399 e. The van der Waals surface area contributed by atoms with Gasteiger partial charge in [0.15, 0.2) is 0 Å². The fourth-order valence-corrected chi connectivity index (χ4v) is 2.85. The molecule has 0 atom stereocenters. The predicted octanol–water partition coefficient (Wildman–Crippen LogP) is 4.77. The second kappa shape index (κ2) is 5.15. The van der Waals surface area contributed by atoms with Crippen LogP contribution in [0.4, 0.5) is 10.1 Å². The summed E-state index contributed by atoms with van der Waals surface area (Å²) in [4.78, 5) is 4.60. The third kappa shape index (κ3) is 2.42. The maximum Gasteiger partial charge on any atom is 0.144 e. The normalized spacial score (nSPS) is 11.5. The molecule has 0 bridgehead atoms. The summed E-state index contributed by atoms with van der Waals surface area (Å²) in [5.41, 5.74) is 8.55. The van der Waals surface area contributed by atoms with E-state index < -0.39 is 0 Å². The molecule has 1 aromatic heterocycles. The molecule has 5 heteroatoms. The number of halogens is 2. The van der Waals surface area contributed by atoms with Crippen LogP contribution in [0.25, 0.3) is 22.4 Å². The minimum Gasteiger partial charge on any atom is -0.399 e. The van der Waals surface area contributed by atoms with Gasteiger partial charge in [-0.15, -0.1) is 0 Å². The van der Waals surface area contributed by atoms with Gasteiger partial charge < -0.3 is 10.3 Å². The number of benzene rings is 2. The van der Waals surface area contributed by atoms with E-state index in [4.69, 9.17) is 5.73 Å². The molecule has 0 unspecified atom stereocenters. The van der Waals surface area contributed by atoms with E-state index in [9.17, 15) is 4.39 Å². The van der Waals surface area contributed by atoms with Gasteiger partial charge in [-0.25, -0.2) is 9.37 Å². The van der Waals surface area contributed by atoms with E-state index in [2.05, 4.69) is 34.8 Å². The smallest absolute Gasteiger partial charge is 0.144 e. The van der Waals surface area contributed by atoms with Crippen LogP contribution in [0.5, 0.6) is 0 Å². The van der Waals surface area contributed by atoms with E-state index in [0.717, 1.165) is 15.5 Å². The monoisotopic (exact) mass is 347 g/mol. The Morgan fingerprint density at radius 3 is 2.67 bits per heavy atom. The summed E-state index contributed by atoms with van der Waals surface area (Å²) in [5, 5.41) is 0. The number of nitrogens with two attached hydrogens (primary N) is 1. The molecule has 3 nitrogen and oxygen atoms in total. The molecule has 108 valence electrons. The second-order valence-corrected chi connectivity index (χ2v) is 6.19. The van der Waals surface area contributed by atoms with Crippen LogP contribution < -0.4 is 5.73 Å². The third-order valence-corrected chi connectivity index (χ3v) is 3.89. The predicted molar refractivity (Wildman–Crippen MR) is 87.6 cm³/mol. The first-order chi connectivity index (χ1) is 9.97. The number of rotatable bonds is 2. The van der Waals surface area contributed by atoms with E-state index in [-0.39, 0.29) is 11.9 Å². The van der Waals surface area contributed by atoms with Crippen LogP contribution in [0, 0.1) is 5.82 Å². The van der Waals surface area contributed by atoms with Crippen molar-refractivity contribution in [1.82, 2.24) is 9.55 Å². The van der Waals surface area contributed by atoms with Crippen molar-refractivity contribution in [1.29, 1.82) is 0 Å². The first-order valence-corrected chi connectivity index (χ1v) is 7.49. The van der Waals surface area contributed by atoms with Crippen LogP contribution in [-0.2, 0) is 0 Å². The molecular formula is C16H15BrFN3. The van der Waals surface area contributed by atoms with Crippen LogP contribution in [-0.4, -0.2) is 9.55 Å². The summed E-state index contributed by atoms with van der Waals surface area (Å²) in [6, 6.07) is 10.6. The fourth-order valence-electron chi connectivity index (χ4n) is 2.50. The lowest BCUT2D eigenvalue weighted by atomic mass is 10.1. The van der Waals surface area contributed by atoms with Gasteiger partial charge in [0.1, 0.15) is 11.6 Å². The van der Waals surface area contributed by atoms with Gasteiger partial charge in [0, 0.05) is 16.2 Å². The zero-order valence-corrected chi connectivity index (χ0v) is 13.4. The maximum absolute atomic E-state index is 14.2. The molecule has 21 heavy (non-hydrogen) atoms. The summed E-state index contributed by atoms with van der Waals surface area (Å²) < 4.78 is 17.2. The number of hydrogen-bond donors (Lipinski definition) is 1. The maximum atomic E-state index is 14.2. The summed E-state index contributed by atoms with van der Waals surface area (Å²) in [6.45, 7) is 4.10. The molecule has 3 aromatic rings. The molecule has 0 aliphatic rings. The highest BCUT2D eigenvalue weighted by molar-refractivity contribution is 9.10. The number of anilines is 1. The number of aromatic nitrogens is 2. The van der Waals surface area contributed by atoms with Gasteiger partial charge in [-0.3, -0.25) is 0 Å². The molecule has 2 aromatic carbocycles. The van der Waals surface area contributed by atoms with Crippen molar-refractivity contribution in [3.63, 3.8) is 0 Å². The van der Waals surface area contributed by atoms with Crippen molar-refractivity contribution >= 4 is 32.7 Å². The lowest BCUT2D eigenvalue weighted by Gasteiger charge is -2.14. The summed E-state index contributed by atoms with van der Waals surface area (Å²) in [7, 11) is 0. The van der Waals surface area contributed by atoms with Gasteiger partial charge in [-0.1, -0.05) is 15.9 Å². The minimum atomic E-state index is -0.319. The van der Waals surface area contributed by atoms with Crippen LogP contribution in [0.1, 0.15) is 19.9 Å². The Morgan fingerprint density at radius 2 is 1.95 bits per heavy atom. The summed E-state index contributed by atoms with van der Waals surface area (Å²) in [6.07, 6.45) is 0. The van der Waals surface area contributed by atoms with Gasteiger partial charge in [0.25, 0.3) is 0 Å². The average Bonchev–Trinajstić information content (AvgIpc) is 2.79. The van der Waals surface area contributed by atoms with Gasteiger partial charge in [-0.05, 0) is 50.2 Å². The number of nitrogen functional groups attached to an aromatic ring is 1. The number of nitrogens with zero attached hydrogens (tertiary/aromatic N) is 2. The van der Waals surface area contributed by atoms with Crippen LogP contribution in [0.15, 0.2) is 40.9 Å². The molecule has 3 rings (SSSR count). The number of imidazole rings is 1. The highest BCUT2D eigenvalue weighted by atomic mass is 79.9. The Labute approximate surface area is 130 Å². The molecular weight excluding hydrogens is 333 g/mol. The van der Waals surface area contributed by atoms with Gasteiger partial charge in [0.05, 0.1) is 16.6 Å². The average molecular weight is 348 g/mol. The first-order valence-electron chi connectivity index (χ1n) is 6.70.